The molecule has 2 atom stereocenters. The Bertz CT molecular complexity index is 1130. The topological polar surface area (TPSA) is 68.2 Å². The predicted octanol–water partition coefficient (Wildman–Crippen LogP) is 6.11. The average molecular weight is 485 g/mol. The number of carbonyl (C=O) groups excluding carboxylic acids is 1. The lowest BCUT2D eigenvalue weighted by atomic mass is 9.97. The number of fused-ring (bicyclic) bond motifs is 1. The standard InChI is InChI=1S/C21H17Cl2F3N4O2/c1-32-15-4-2-11(3-5-15)16-9-18(21(24,25)26)30-19(28-16)10-17(29-30)20(31)27-14-7-12(22)6-13(23)8-14/h2-8,10,16,18,28H,9H2,1H3,(H,27,31). The number of hydrogen-bond acceptors (Lipinski definition) is 4. The molecule has 32 heavy (non-hydrogen) atoms. The Kier molecular flexibility index (Phi) is 5.96. The highest BCUT2D eigenvalue weighted by atomic mass is 35.5. The van der Waals surface area contributed by atoms with E-state index in [2.05, 4.69) is 15.7 Å². The molecule has 2 heterocycles. The highest BCUT2D eigenvalue weighted by Gasteiger charge is 2.46. The Balaban J connectivity index is 1.63. The summed E-state index contributed by atoms with van der Waals surface area (Å²) >= 11 is 11.9. The van der Waals surface area contributed by atoms with Crippen LogP contribution < -0.4 is 15.4 Å². The SMILES string of the molecule is COc1ccc(C2CC(C(F)(F)F)n3nc(C(=O)Nc4cc(Cl)cc(Cl)c4)cc3N2)cc1. The van der Waals surface area contributed by atoms with E-state index < -0.39 is 24.2 Å². The summed E-state index contributed by atoms with van der Waals surface area (Å²) < 4.78 is 47.4. The maximum Gasteiger partial charge on any atom is 0.410 e. The average Bonchev–Trinajstić information content (AvgIpc) is 3.16. The monoisotopic (exact) mass is 484 g/mol. The second-order valence-corrected chi connectivity index (χ2v) is 8.11. The van der Waals surface area contributed by atoms with Crippen molar-refractivity contribution in [2.24, 2.45) is 0 Å². The van der Waals surface area contributed by atoms with Gasteiger partial charge in [-0.3, -0.25) is 4.79 Å². The predicted molar refractivity (Wildman–Crippen MR) is 116 cm³/mol. The highest BCUT2D eigenvalue weighted by Crippen LogP contribution is 2.43. The molecular weight excluding hydrogens is 468 g/mol. The third-order valence-electron chi connectivity index (χ3n) is 5.06. The first-order chi connectivity index (χ1) is 15.1. The summed E-state index contributed by atoms with van der Waals surface area (Å²) in [7, 11) is 1.51. The van der Waals surface area contributed by atoms with Crippen molar-refractivity contribution >= 4 is 40.6 Å². The van der Waals surface area contributed by atoms with E-state index in [1.165, 1.54) is 31.4 Å². The van der Waals surface area contributed by atoms with Crippen molar-refractivity contribution in [2.45, 2.75) is 24.7 Å². The van der Waals surface area contributed by atoms with Crippen LogP contribution in [0.4, 0.5) is 24.7 Å². The number of rotatable bonds is 4. The van der Waals surface area contributed by atoms with Gasteiger partial charge in [-0.25, -0.2) is 4.68 Å². The molecule has 0 aliphatic carbocycles. The number of aromatic nitrogens is 2. The number of alkyl halides is 3. The van der Waals surface area contributed by atoms with E-state index in [-0.39, 0.29) is 17.9 Å². The number of ether oxygens (including phenoxy) is 1. The number of anilines is 2. The number of carbonyl (C=O) groups is 1. The molecule has 2 N–H and O–H groups in total. The van der Waals surface area contributed by atoms with Crippen LogP contribution in [0.15, 0.2) is 48.5 Å². The van der Waals surface area contributed by atoms with Crippen molar-refractivity contribution in [1.82, 2.24) is 9.78 Å². The van der Waals surface area contributed by atoms with E-state index in [0.717, 1.165) is 4.68 Å². The lowest BCUT2D eigenvalue weighted by Gasteiger charge is -2.33. The molecule has 0 saturated carbocycles. The summed E-state index contributed by atoms with van der Waals surface area (Å²) in [6.07, 6.45) is -4.84. The molecule has 3 aromatic rings. The molecule has 6 nitrogen and oxygen atoms in total. The molecule has 1 aromatic heterocycles. The molecule has 1 aliphatic heterocycles. The van der Waals surface area contributed by atoms with Gasteiger partial charge >= 0.3 is 6.18 Å². The fourth-order valence-corrected chi connectivity index (χ4v) is 4.09. The van der Waals surface area contributed by atoms with E-state index in [4.69, 9.17) is 27.9 Å². The minimum atomic E-state index is -4.55. The molecule has 0 saturated heterocycles. The third kappa shape index (κ3) is 4.63. The van der Waals surface area contributed by atoms with Crippen LogP contribution >= 0.6 is 23.2 Å². The summed E-state index contributed by atoms with van der Waals surface area (Å²) in [6.45, 7) is 0. The first-order valence-corrected chi connectivity index (χ1v) is 10.2. The van der Waals surface area contributed by atoms with E-state index in [0.29, 0.717) is 27.0 Å². The fraction of sp³-hybridized carbons (Fsp3) is 0.238. The number of hydrogen-bond donors (Lipinski definition) is 2. The largest absolute Gasteiger partial charge is 0.497 e. The number of halogens is 5. The van der Waals surface area contributed by atoms with Gasteiger partial charge in [-0.05, 0) is 35.9 Å². The van der Waals surface area contributed by atoms with Crippen LogP contribution in [-0.2, 0) is 0 Å². The summed E-state index contributed by atoms with van der Waals surface area (Å²) in [6, 6.07) is 9.96. The van der Waals surface area contributed by atoms with Crippen molar-refractivity contribution in [3.05, 3.63) is 69.8 Å². The Morgan fingerprint density at radius 3 is 2.41 bits per heavy atom. The number of amides is 1. The van der Waals surface area contributed by atoms with E-state index in [1.54, 1.807) is 24.3 Å². The smallest absolute Gasteiger partial charge is 0.410 e. The number of nitrogens with zero attached hydrogens (tertiary/aromatic N) is 2. The maximum absolute atomic E-state index is 13.8. The zero-order valence-corrected chi connectivity index (χ0v) is 18.1. The van der Waals surface area contributed by atoms with Gasteiger partial charge in [0.25, 0.3) is 5.91 Å². The van der Waals surface area contributed by atoms with Crippen LogP contribution in [0.1, 0.15) is 34.6 Å². The quantitative estimate of drug-likeness (QED) is 0.468. The maximum atomic E-state index is 13.8. The van der Waals surface area contributed by atoms with E-state index >= 15 is 0 Å². The first kappa shape index (κ1) is 22.3. The number of benzene rings is 2. The van der Waals surface area contributed by atoms with Crippen LogP contribution in [0.2, 0.25) is 10.0 Å². The van der Waals surface area contributed by atoms with Gasteiger partial charge in [-0.2, -0.15) is 18.3 Å². The van der Waals surface area contributed by atoms with Crippen LogP contribution in [0.5, 0.6) is 5.75 Å². The van der Waals surface area contributed by atoms with Crippen molar-refractivity contribution in [1.29, 1.82) is 0 Å². The normalized spacial score (nSPS) is 17.9. The van der Waals surface area contributed by atoms with Crippen LogP contribution in [0, 0.1) is 0 Å². The van der Waals surface area contributed by atoms with Crippen molar-refractivity contribution in [3.63, 3.8) is 0 Å². The second-order valence-electron chi connectivity index (χ2n) is 7.23. The molecule has 1 amide bonds. The second kappa shape index (κ2) is 8.55. The van der Waals surface area contributed by atoms with E-state index in [9.17, 15) is 18.0 Å². The van der Waals surface area contributed by atoms with Crippen molar-refractivity contribution in [2.75, 3.05) is 17.7 Å². The Morgan fingerprint density at radius 2 is 1.81 bits per heavy atom. The molecule has 0 spiro atoms. The number of nitrogens with one attached hydrogen (secondary N) is 2. The van der Waals surface area contributed by atoms with Crippen LogP contribution in [-0.4, -0.2) is 29.0 Å². The molecule has 2 aromatic carbocycles. The van der Waals surface area contributed by atoms with Crippen molar-refractivity contribution in [3.8, 4) is 5.75 Å². The Labute approximate surface area is 191 Å². The van der Waals surface area contributed by atoms with E-state index in [1.807, 2.05) is 0 Å². The molecule has 0 fully saturated rings. The summed E-state index contributed by atoms with van der Waals surface area (Å²) in [5.41, 5.74) is 0.787. The molecule has 168 valence electrons. The summed E-state index contributed by atoms with van der Waals surface area (Å²) in [4.78, 5) is 12.6. The van der Waals surface area contributed by atoms with Gasteiger partial charge < -0.3 is 15.4 Å². The van der Waals surface area contributed by atoms with Crippen molar-refractivity contribution < 1.29 is 22.7 Å². The summed E-state index contributed by atoms with van der Waals surface area (Å²) in [5.74, 6) is 0.00433. The van der Waals surface area contributed by atoms with Gasteiger partial charge in [0.2, 0.25) is 0 Å². The lowest BCUT2D eigenvalue weighted by molar-refractivity contribution is -0.173. The Morgan fingerprint density at radius 1 is 1.16 bits per heavy atom. The van der Waals surface area contributed by atoms with Crippen LogP contribution in [0.25, 0.3) is 0 Å². The zero-order chi connectivity index (χ0) is 23.0. The first-order valence-electron chi connectivity index (χ1n) is 9.48. The minimum absolute atomic E-state index is 0.0914. The molecule has 4 rings (SSSR count). The molecule has 2 unspecified atom stereocenters. The minimum Gasteiger partial charge on any atom is -0.497 e. The fourth-order valence-electron chi connectivity index (χ4n) is 3.56. The zero-order valence-electron chi connectivity index (χ0n) is 16.6. The molecule has 11 heteroatoms. The molecule has 1 aliphatic rings. The van der Waals surface area contributed by atoms with Gasteiger partial charge in [0.15, 0.2) is 11.7 Å². The molecule has 0 bridgehead atoms. The van der Waals surface area contributed by atoms with Gasteiger partial charge in [-0.1, -0.05) is 35.3 Å². The van der Waals surface area contributed by atoms with Gasteiger partial charge in [0.05, 0.1) is 13.2 Å². The Hall–Kier alpha value is -2.91. The number of methoxy groups -OCH3 is 1. The summed E-state index contributed by atoms with van der Waals surface area (Å²) in [5, 5.41) is 10.1. The van der Waals surface area contributed by atoms with Gasteiger partial charge in [0, 0.05) is 28.2 Å². The third-order valence-corrected chi connectivity index (χ3v) is 5.50. The lowest BCUT2D eigenvalue weighted by Crippen LogP contribution is -2.35. The molecular formula is C21H17Cl2F3N4O2. The molecule has 0 radical (unpaired) electrons. The highest BCUT2D eigenvalue weighted by molar-refractivity contribution is 6.35. The van der Waals surface area contributed by atoms with Gasteiger partial charge in [-0.15, -0.1) is 0 Å². The van der Waals surface area contributed by atoms with Crippen LogP contribution in [0.3, 0.4) is 0 Å². The van der Waals surface area contributed by atoms with Gasteiger partial charge in [0.1, 0.15) is 11.6 Å².